The van der Waals surface area contributed by atoms with Gasteiger partial charge in [-0.15, -0.1) is 0 Å². The lowest BCUT2D eigenvalue weighted by Gasteiger charge is -2.35. The van der Waals surface area contributed by atoms with E-state index < -0.39 is 22.4 Å². The number of halogens is 1. The van der Waals surface area contributed by atoms with Crippen LogP contribution in [0.5, 0.6) is 0 Å². The van der Waals surface area contributed by atoms with Crippen molar-refractivity contribution in [1.82, 2.24) is 4.90 Å². The number of esters is 1. The molecule has 1 aromatic rings. The molecule has 25 heavy (non-hydrogen) atoms. The van der Waals surface area contributed by atoms with Crippen LogP contribution in [0.2, 0.25) is 5.02 Å². The minimum absolute atomic E-state index is 0.0500. The van der Waals surface area contributed by atoms with Crippen molar-refractivity contribution < 1.29 is 27.5 Å². The third-order valence-corrected chi connectivity index (χ3v) is 5.12. The van der Waals surface area contributed by atoms with Crippen molar-refractivity contribution in [3.05, 3.63) is 28.8 Å². The van der Waals surface area contributed by atoms with Crippen molar-refractivity contribution in [1.29, 1.82) is 0 Å². The molecule has 0 N–H and O–H groups in total. The molecule has 7 nitrogen and oxygen atoms in total. The highest BCUT2D eigenvalue weighted by Crippen LogP contribution is 2.21. The minimum atomic E-state index is -3.49. The summed E-state index contributed by atoms with van der Waals surface area (Å²) in [6.45, 7) is 4.12. The molecule has 2 atom stereocenters. The highest BCUT2D eigenvalue weighted by molar-refractivity contribution is 7.90. The summed E-state index contributed by atoms with van der Waals surface area (Å²) in [6, 6.07) is 3.75. The molecule has 1 aromatic carbocycles. The van der Waals surface area contributed by atoms with Gasteiger partial charge in [0.05, 0.1) is 27.7 Å². The summed E-state index contributed by atoms with van der Waals surface area (Å²) >= 11 is 5.94. The van der Waals surface area contributed by atoms with E-state index in [1.54, 1.807) is 4.90 Å². The van der Waals surface area contributed by atoms with E-state index in [0.29, 0.717) is 13.1 Å². The fourth-order valence-corrected chi connectivity index (χ4v) is 3.41. The quantitative estimate of drug-likeness (QED) is 0.725. The number of benzene rings is 1. The molecule has 0 saturated carbocycles. The summed E-state index contributed by atoms with van der Waals surface area (Å²) in [5.41, 5.74) is -0.0962. The predicted octanol–water partition coefficient (Wildman–Crippen LogP) is 1.54. The van der Waals surface area contributed by atoms with E-state index in [-0.39, 0.29) is 33.6 Å². The van der Waals surface area contributed by atoms with Gasteiger partial charge in [0.1, 0.15) is 0 Å². The number of ether oxygens (including phenoxy) is 2. The van der Waals surface area contributed by atoms with Crippen LogP contribution in [-0.4, -0.2) is 63.4 Å². The first-order valence-electron chi connectivity index (χ1n) is 7.68. The maximum atomic E-state index is 12.2. The maximum absolute atomic E-state index is 12.2. The molecule has 0 spiro atoms. The number of rotatable bonds is 4. The van der Waals surface area contributed by atoms with Crippen LogP contribution >= 0.6 is 11.6 Å². The maximum Gasteiger partial charge on any atom is 0.340 e. The molecule has 1 amide bonds. The van der Waals surface area contributed by atoms with Crippen molar-refractivity contribution in [2.75, 3.05) is 26.0 Å². The van der Waals surface area contributed by atoms with Crippen LogP contribution in [0.15, 0.2) is 23.1 Å². The molecule has 0 radical (unpaired) electrons. The standard InChI is InChI=1S/C16H20ClNO6S/c1-10-7-18(8-11(2)24-10)15(19)9-23-16(20)13-6-12(25(3,21)22)4-5-14(13)17/h4-6,10-11H,7-9H2,1-3H3. The monoisotopic (exact) mass is 389 g/mol. The molecular weight excluding hydrogens is 370 g/mol. The van der Waals surface area contributed by atoms with Gasteiger partial charge in [-0.05, 0) is 32.0 Å². The second-order valence-electron chi connectivity index (χ2n) is 6.05. The van der Waals surface area contributed by atoms with Gasteiger partial charge in [0.15, 0.2) is 16.4 Å². The summed E-state index contributed by atoms with van der Waals surface area (Å²) in [5.74, 6) is -1.19. The zero-order chi connectivity index (χ0) is 18.8. The van der Waals surface area contributed by atoms with E-state index in [4.69, 9.17) is 21.1 Å². The summed E-state index contributed by atoms with van der Waals surface area (Å²) < 4.78 is 33.7. The van der Waals surface area contributed by atoms with E-state index in [1.807, 2.05) is 13.8 Å². The lowest BCUT2D eigenvalue weighted by molar-refractivity contribution is -0.146. The second kappa shape index (κ2) is 7.72. The number of morpholine rings is 1. The minimum Gasteiger partial charge on any atom is -0.452 e. The normalized spacial score (nSPS) is 21.0. The molecule has 2 rings (SSSR count). The van der Waals surface area contributed by atoms with Crippen LogP contribution in [0, 0.1) is 0 Å². The first-order valence-corrected chi connectivity index (χ1v) is 9.95. The molecule has 1 heterocycles. The first-order chi connectivity index (χ1) is 11.6. The summed E-state index contributed by atoms with van der Waals surface area (Å²) in [4.78, 5) is 25.9. The van der Waals surface area contributed by atoms with Crippen LogP contribution in [0.4, 0.5) is 0 Å². The molecule has 0 aromatic heterocycles. The topological polar surface area (TPSA) is 90.0 Å². The number of nitrogens with zero attached hydrogens (tertiary/aromatic N) is 1. The summed E-state index contributed by atoms with van der Waals surface area (Å²) in [7, 11) is -3.49. The molecular formula is C16H20ClNO6S. The molecule has 0 bridgehead atoms. The molecule has 9 heteroatoms. The Morgan fingerprint density at radius 2 is 1.88 bits per heavy atom. The van der Waals surface area contributed by atoms with Gasteiger partial charge in [-0.3, -0.25) is 4.79 Å². The van der Waals surface area contributed by atoms with Crippen LogP contribution in [0.1, 0.15) is 24.2 Å². The Morgan fingerprint density at radius 3 is 2.44 bits per heavy atom. The largest absolute Gasteiger partial charge is 0.452 e. The van der Waals surface area contributed by atoms with Gasteiger partial charge < -0.3 is 14.4 Å². The van der Waals surface area contributed by atoms with Gasteiger partial charge in [0, 0.05) is 19.3 Å². The average molecular weight is 390 g/mol. The zero-order valence-electron chi connectivity index (χ0n) is 14.2. The van der Waals surface area contributed by atoms with Crippen LogP contribution < -0.4 is 0 Å². The molecule has 1 aliphatic rings. The Hall–Kier alpha value is -1.64. The number of hydrogen-bond acceptors (Lipinski definition) is 6. The van der Waals surface area contributed by atoms with Gasteiger partial charge >= 0.3 is 5.97 Å². The summed E-state index contributed by atoms with van der Waals surface area (Å²) in [5, 5.41) is 0.0541. The molecule has 1 fully saturated rings. The Labute approximate surface area is 151 Å². The Kier molecular flexibility index (Phi) is 6.08. The third-order valence-electron chi connectivity index (χ3n) is 3.68. The van der Waals surface area contributed by atoms with E-state index in [1.165, 1.54) is 12.1 Å². The Balaban J connectivity index is 2.04. The van der Waals surface area contributed by atoms with E-state index >= 15 is 0 Å². The fourth-order valence-electron chi connectivity index (χ4n) is 2.57. The number of carbonyl (C=O) groups excluding carboxylic acids is 2. The number of hydrogen-bond donors (Lipinski definition) is 0. The van der Waals surface area contributed by atoms with Crippen molar-refractivity contribution in [3.63, 3.8) is 0 Å². The smallest absolute Gasteiger partial charge is 0.340 e. The number of sulfone groups is 1. The van der Waals surface area contributed by atoms with Crippen LogP contribution in [0.3, 0.4) is 0 Å². The van der Waals surface area contributed by atoms with Gasteiger partial charge in [-0.25, -0.2) is 13.2 Å². The van der Waals surface area contributed by atoms with Crippen molar-refractivity contribution >= 4 is 33.3 Å². The predicted molar refractivity (Wildman–Crippen MR) is 91.4 cm³/mol. The number of carbonyl (C=O) groups is 2. The van der Waals surface area contributed by atoms with Gasteiger partial charge in [0.25, 0.3) is 5.91 Å². The first kappa shape index (κ1) is 19.7. The lowest BCUT2D eigenvalue weighted by Crippen LogP contribution is -2.49. The third kappa shape index (κ3) is 5.17. The molecule has 0 aliphatic carbocycles. The van der Waals surface area contributed by atoms with E-state index in [9.17, 15) is 18.0 Å². The second-order valence-corrected chi connectivity index (χ2v) is 8.47. The number of amides is 1. The molecule has 1 aliphatic heterocycles. The molecule has 138 valence electrons. The molecule has 1 saturated heterocycles. The van der Waals surface area contributed by atoms with Crippen LogP contribution in [-0.2, 0) is 24.1 Å². The van der Waals surface area contributed by atoms with Crippen molar-refractivity contribution in [2.24, 2.45) is 0 Å². The highest BCUT2D eigenvalue weighted by atomic mass is 35.5. The Morgan fingerprint density at radius 1 is 1.28 bits per heavy atom. The van der Waals surface area contributed by atoms with Gasteiger partial charge in [-0.1, -0.05) is 11.6 Å². The van der Waals surface area contributed by atoms with Crippen LogP contribution in [0.25, 0.3) is 0 Å². The Bertz CT molecular complexity index is 769. The zero-order valence-corrected chi connectivity index (χ0v) is 15.8. The van der Waals surface area contributed by atoms with E-state index in [0.717, 1.165) is 12.3 Å². The van der Waals surface area contributed by atoms with Gasteiger partial charge in [0.2, 0.25) is 0 Å². The van der Waals surface area contributed by atoms with E-state index in [2.05, 4.69) is 0 Å². The highest BCUT2D eigenvalue weighted by Gasteiger charge is 2.27. The lowest BCUT2D eigenvalue weighted by atomic mass is 10.2. The van der Waals surface area contributed by atoms with Crippen molar-refractivity contribution in [2.45, 2.75) is 31.0 Å². The van der Waals surface area contributed by atoms with Crippen molar-refractivity contribution in [3.8, 4) is 0 Å². The summed E-state index contributed by atoms with van der Waals surface area (Å²) in [6.07, 6.45) is 0.837. The van der Waals surface area contributed by atoms with Gasteiger partial charge in [-0.2, -0.15) is 0 Å². The average Bonchev–Trinajstić information content (AvgIpc) is 2.50. The molecule has 2 unspecified atom stereocenters. The fraction of sp³-hybridized carbons (Fsp3) is 0.500. The SMILES string of the molecule is CC1CN(C(=O)COC(=O)c2cc(S(C)(=O)=O)ccc2Cl)CC(C)O1.